The van der Waals surface area contributed by atoms with Crippen molar-refractivity contribution >= 4 is 17.5 Å². The van der Waals surface area contributed by atoms with Crippen molar-refractivity contribution in [3.05, 3.63) is 42.2 Å². The fourth-order valence-corrected chi connectivity index (χ4v) is 4.09. The number of fused-ring (bicyclic) bond motifs is 1. The normalized spacial score (nSPS) is 22.4. The van der Waals surface area contributed by atoms with E-state index in [1.54, 1.807) is 11.1 Å². The van der Waals surface area contributed by atoms with Crippen LogP contribution in [0, 0.1) is 0 Å². The average Bonchev–Trinajstić information content (AvgIpc) is 3.29. The van der Waals surface area contributed by atoms with Gasteiger partial charge in [0.1, 0.15) is 5.75 Å². The number of anilines is 1. The van der Waals surface area contributed by atoms with Crippen molar-refractivity contribution in [3.8, 4) is 5.75 Å². The molecule has 0 aliphatic carbocycles. The maximum Gasteiger partial charge on any atom is 0.263 e. The Hall–Kier alpha value is -2.83. The predicted octanol–water partition coefficient (Wildman–Crippen LogP) is 1.79. The number of aryl methyl sites for hydroxylation is 1. The third-order valence-electron chi connectivity index (χ3n) is 5.71. The minimum absolute atomic E-state index is 0.0582. The highest BCUT2D eigenvalue weighted by Gasteiger charge is 2.38. The quantitative estimate of drug-likeness (QED) is 0.831. The van der Waals surface area contributed by atoms with E-state index >= 15 is 0 Å². The molecule has 2 aromatic rings. The van der Waals surface area contributed by atoms with Gasteiger partial charge in [-0.15, -0.1) is 0 Å². The number of rotatable bonds is 3. The second-order valence-corrected chi connectivity index (χ2v) is 7.48. The topological polar surface area (TPSA) is 67.7 Å². The van der Waals surface area contributed by atoms with Gasteiger partial charge in [0.05, 0.1) is 17.9 Å². The molecule has 3 aliphatic heterocycles. The summed E-state index contributed by atoms with van der Waals surface area (Å²) in [6.07, 6.45) is 6.38. The minimum Gasteiger partial charge on any atom is -0.480 e. The molecule has 2 fully saturated rings. The molecule has 0 radical (unpaired) electrons. The molecule has 1 aromatic heterocycles. The zero-order valence-electron chi connectivity index (χ0n) is 15.1. The summed E-state index contributed by atoms with van der Waals surface area (Å²) >= 11 is 0. The lowest BCUT2D eigenvalue weighted by molar-refractivity contribution is -0.145. The van der Waals surface area contributed by atoms with Crippen LogP contribution in [0.5, 0.6) is 5.75 Å². The first-order valence-corrected chi connectivity index (χ1v) is 9.57. The van der Waals surface area contributed by atoms with E-state index < -0.39 is 6.10 Å². The van der Waals surface area contributed by atoms with E-state index in [1.165, 1.54) is 5.56 Å². The molecule has 4 heterocycles. The Labute approximate surface area is 157 Å². The number of hydrogen-bond acceptors (Lipinski definition) is 4. The summed E-state index contributed by atoms with van der Waals surface area (Å²) in [5.74, 6) is 1.05. The lowest BCUT2D eigenvalue weighted by Gasteiger charge is -2.41. The number of para-hydroxylation sites is 1. The van der Waals surface area contributed by atoms with Crippen molar-refractivity contribution in [3.63, 3.8) is 0 Å². The van der Waals surface area contributed by atoms with E-state index in [0.717, 1.165) is 37.2 Å². The molecule has 2 saturated heterocycles. The van der Waals surface area contributed by atoms with E-state index in [0.29, 0.717) is 19.5 Å². The van der Waals surface area contributed by atoms with Gasteiger partial charge in [-0.1, -0.05) is 18.2 Å². The summed E-state index contributed by atoms with van der Waals surface area (Å²) in [6, 6.07) is 8.08. The maximum absolute atomic E-state index is 12.7. The summed E-state index contributed by atoms with van der Waals surface area (Å²) in [6.45, 7) is 2.03. The molecular weight excluding hydrogens is 344 g/mol. The number of carbonyl (C=O) groups is 2. The van der Waals surface area contributed by atoms with Crippen LogP contribution in [-0.4, -0.2) is 52.2 Å². The van der Waals surface area contributed by atoms with E-state index in [2.05, 4.69) is 11.2 Å². The van der Waals surface area contributed by atoms with Gasteiger partial charge in [0.25, 0.3) is 5.91 Å². The standard InChI is InChI=1S/C20H22N4O3/c25-19-6-3-9-23(19)15-10-21-24(13-15)16-11-22(12-16)20(26)18-8-7-14-4-1-2-5-17(14)27-18/h1-2,4-5,10,13,16,18H,3,6-9,11-12H2. The van der Waals surface area contributed by atoms with Crippen molar-refractivity contribution in [2.45, 2.75) is 37.8 Å². The molecule has 1 aromatic carbocycles. The number of likely N-dealkylation sites (tertiary alicyclic amines) is 1. The van der Waals surface area contributed by atoms with Crippen molar-refractivity contribution < 1.29 is 14.3 Å². The molecular formula is C20H22N4O3. The summed E-state index contributed by atoms with van der Waals surface area (Å²) in [5.41, 5.74) is 2.03. The summed E-state index contributed by atoms with van der Waals surface area (Å²) in [5, 5.41) is 4.41. The second kappa shape index (κ2) is 6.40. The summed E-state index contributed by atoms with van der Waals surface area (Å²) in [4.78, 5) is 28.2. The second-order valence-electron chi connectivity index (χ2n) is 7.48. The highest BCUT2D eigenvalue weighted by atomic mass is 16.5. The van der Waals surface area contributed by atoms with Gasteiger partial charge in [-0.3, -0.25) is 14.3 Å². The van der Waals surface area contributed by atoms with Crippen LogP contribution in [0.4, 0.5) is 5.69 Å². The molecule has 7 nitrogen and oxygen atoms in total. The molecule has 0 saturated carbocycles. The molecule has 27 heavy (non-hydrogen) atoms. The fraction of sp³-hybridized carbons (Fsp3) is 0.450. The number of hydrogen-bond donors (Lipinski definition) is 0. The minimum atomic E-state index is -0.392. The maximum atomic E-state index is 12.7. The van der Waals surface area contributed by atoms with Gasteiger partial charge in [-0.05, 0) is 30.9 Å². The number of carbonyl (C=O) groups excluding carboxylic acids is 2. The average molecular weight is 366 g/mol. The number of aromatic nitrogens is 2. The highest BCUT2D eigenvalue weighted by Crippen LogP contribution is 2.30. The zero-order chi connectivity index (χ0) is 18.4. The fourth-order valence-electron chi connectivity index (χ4n) is 4.09. The van der Waals surface area contributed by atoms with E-state index in [4.69, 9.17) is 4.74 Å². The molecule has 2 amide bonds. The zero-order valence-corrected chi connectivity index (χ0v) is 15.1. The van der Waals surface area contributed by atoms with Gasteiger partial charge in [0.2, 0.25) is 5.91 Å². The number of benzene rings is 1. The van der Waals surface area contributed by atoms with E-state index in [-0.39, 0.29) is 17.9 Å². The first-order chi connectivity index (χ1) is 13.2. The Balaban J connectivity index is 1.19. The van der Waals surface area contributed by atoms with Gasteiger partial charge in [0, 0.05) is 32.3 Å². The SMILES string of the molecule is O=C(C1CCc2ccccc2O1)N1CC(n2cc(N3CCCC3=O)cn2)C1. The molecule has 140 valence electrons. The Morgan fingerprint density at radius 3 is 2.85 bits per heavy atom. The third-order valence-corrected chi connectivity index (χ3v) is 5.71. The molecule has 5 rings (SSSR count). The van der Waals surface area contributed by atoms with Crippen molar-refractivity contribution in [1.29, 1.82) is 0 Å². The van der Waals surface area contributed by atoms with Gasteiger partial charge in [0.15, 0.2) is 6.10 Å². The molecule has 0 spiro atoms. The lowest BCUT2D eigenvalue weighted by Crippen LogP contribution is -2.55. The van der Waals surface area contributed by atoms with Crippen molar-refractivity contribution in [2.24, 2.45) is 0 Å². The first-order valence-electron chi connectivity index (χ1n) is 9.57. The van der Waals surface area contributed by atoms with Crippen LogP contribution >= 0.6 is 0 Å². The smallest absolute Gasteiger partial charge is 0.263 e. The van der Waals surface area contributed by atoms with Crippen molar-refractivity contribution in [1.82, 2.24) is 14.7 Å². The summed E-state index contributed by atoms with van der Waals surface area (Å²) in [7, 11) is 0. The molecule has 3 aliphatic rings. The Bertz CT molecular complexity index is 887. The van der Waals surface area contributed by atoms with Crippen LogP contribution in [0.2, 0.25) is 0 Å². The molecule has 1 atom stereocenters. The number of nitrogens with zero attached hydrogens (tertiary/aromatic N) is 4. The number of amides is 2. The Kier molecular flexibility index (Phi) is 3.88. The Morgan fingerprint density at radius 2 is 2.04 bits per heavy atom. The molecule has 7 heteroatoms. The summed E-state index contributed by atoms with van der Waals surface area (Å²) < 4.78 is 7.79. The van der Waals surface area contributed by atoms with Crippen molar-refractivity contribution in [2.75, 3.05) is 24.5 Å². The highest BCUT2D eigenvalue weighted by molar-refractivity contribution is 5.95. The van der Waals surface area contributed by atoms with Crippen LogP contribution in [-0.2, 0) is 16.0 Å². The van der Waals surface area contributed by atoms with Crippen LogP contribution < -0.4 is 9.64 Å². The van der Waals surface area contributed by atoms with Gasteiger partial charge in [-0.2, -0.15) is 5.10 Å². The molecule has 0 N–H and O–H groups in total. The van der Waals surface area contributed by atoms with Gasteiger partial charge < -0.3 is 14.5 Å². The molecule has 1 unspecified atom stereocenters. The van der Waals surface area contributed by atoms with Crippen LogP contribution in [0.1, 0.15) is 30.9 Å². The largest absolute Gasteiger partial charge is 0.480 e. The van der Waals surface area contributed by atoms with Gasteiger partial charge >= 0.3 is 0 Å². The van der Waals surface area contributed by atoms with E-state index in [1.807, 2.05) is 34.0 Å². The van der Waals surface area contributed by atoms with Crippen LogP contribution in [0.3, 0.4) is 0 Å². The monoisotopic (exact) mass is 366 g/mol. The predicted molar refractivity (Wildman–Crippen MR) is 98.6 cm³/mol. The molecule has 0 bridgehead atoms. The number of ether oxygens (including phenoxy) is 1. The Morgan fingerprint density at radius 1 is 1.19 bits per heavy atom. The van der Waals surface area contributed by atoms with Crippen LogP contribution in [0.25, 0.3) is 0 Å². The van der Waals surface area contributed by atoms with E-state index in [9.17, 15) is 9.59 Å². The van der Waals surface area contributed by atoms with Gasteiger partial charge in [-0.25, -0.2) is 0 Å². The lowest BCUT2D eigenvalue weighted by atomic mass is 10.00. The third kappa shape index (κ3) is 2.87. The van der Waals surface area contributed by atoms with Crippen LogP contribution in [0.15, 0.2) is 36.7 Å². The first kappa shape index (κ1) is 16.4.